The van der Waals surface area contributed by atoms with Gasteiger partial charge in [0.2, 0.25) is 5.56 Å². The first-order valence-corrected chi connectivity index (χ1v) is 10.4. The minimum atomic E-state index is -5.32. The molecule has 0 unspecified atom stereocenters. The van der Waals surface area contributed by atoms with Crippen LogP contribution in [0.15, 0.2) is 29.2 Å². The number of H-pyrrole nitrogens is 1. The summed E-state index contributed by atoms with van der Waals surface area (Å²) in [5.74, 6) is -5.33. The van der Waals surface area contributed by atoms with E-state index in [2.05, 4.69) is 9.72 Å². The molecule has 1 aliphatic rings. The molecule has 13 heteroatoms. The zero-order valence-corrected chi connectivity index (χ0v) is 18.2. The van der Waals surface area contributed by atoms with Gasteiger partial charge in [0.05, 0.1) is 15.6 Å². The molecule has 3 rings (SSSR count). The van der Waals surface area contributed by atoms with Gasteiger partial charge in [-0.2, -0.15) is 13.2 Å². The van der Waals surface area contributed by atoms with Crippen LogP contribution in [-0.4, -0.2) is 41.0 Å². The Bertz CT molecular complexity index is 1110. The minimum Gasteiger partial charge on any atom is -0.419 e. The number of aromatic amines is 1. The highest BCUT2D eigenvalue weighted by molar-refractivity contribution is 6.42. The molecule has 33 heavy (non-hydrogen) atoms. The zero-order valence-electron chi connectivity index (χ0n) is 16.7. The van der Waals surface area contributed by atoms with E-state index in [0.29, 0.717) is 0 Å². The first-order valence-electron chi connectivity index (χ1n) is 9.60. The first kappa shape index (κ1) is 25.0. The molecule has 0 saturated carbocycles. The van der Waals surface area contributed by atoms with Crippen LogP contribution in [0.1, 0.15) is 34.8 Å². The van der Waals surface area contributed by atoms with Gasteiger partial charge in [-0.25, -0.2) is 9.18 Å². The van der Waals surface area contributed by atoms with E-state index >= 15 is 0 Å². The molecule has 1 fully saturated rings. The standard InChI is InChI=1S/C20H17Cl2F4N3O4/c21-11-7-12(33-19(32)20(24,25)26)14(16(23)15(11)22)17(27)9-3-5-29(6-4-9)18(31)10-1-2-13(30)28-8-10/h1-2,7-9,17H,3-6,27H2,(H,28,30)/t17-/m1/s1. The maximum atomic E-state index is 14.9. The van der Waals surface area contributed by atoms with Gasteiger partial charge in [-0.1, -0.05) is 23.2 Å². The second-order valence-electron chi connectivity index (χ2n) is 7.38. The van der Waals surface area contributed by atoms with Gasteiger partial charge in [-0.05, 0) is 24.8 Å². The minimum absolute atomic E-state index is 0.219. The predicted octanol–water partition coefficient (Wildman–Crippen LogP) is 3.84. The highest BCUT2D eigenvalue weighted by Gasteiger charge is 2.42. The van der Waals surface area contributed by atoms with E-state index in [1.807, 2.05) is 0 Å². The lowest BCUT2D eigenvalue weighted by molar-refractivity contribution is -0.189. The lowest BCUT2D eigenvalue weighted by Gasteiger charge is -2.35. The Labute approximate surface area is 194 Å². The summed E-state index contributed by atoms with van der Waals surface area (Å²) in [5, 5.41) is -1.02. The normalized spacial score (nSPS) is 15.9. The number of esters is 1. The molecule has 2 aromatic rings. The largest absolute Gasteiger partial charge is 0.491 e. The molecule has 2 heterocycles. The average molecular weight is 510 g/mol. The molecule has 1 aromatic heterocycles. The van der Waals surface area contributed by atoms with E-state index < -0.39 is 51.3 Å². The Morgan fingerprint density at radius 3 is 2.39 bits per heavy atom. The Balaban J connectivity index is 1.80. The van der Waals surface area contributed by atoms with E-state index in [-0.39, 0.29) is 43.0 Å². The summed E-state index contributed by atoms with van der Waals surface area (Å²) < 4.78 is 57.2. The van der Waals surface area contributed by atoms with Crippen LogP contribution in [0, 0.1) is 11.7 Å². The number of carbonyl (C=O) groups excluding carboxylic acids is 2. The van der Waals surface area contributed by atoms with Crippen molar-refractivity contribution in [3.8, 4) is 5.75 Å². The number of hydrogen-bond acceptors (Lipinski definition) is 5. The van der Waals surface area contributed by atoms with Crippen LogP contribution < -0.4 is 16.0 Å². The smallest absolute Gasteiger partial charge is 0.419 e. The van der Waals surface area contributed by atoms with Crippen LogP contribution in [0.3, 0.4) is 0 Å². The van der Waals surface area contributed by atoms with Gasteiger partial charge in [0.15, 0.2) is 5.82 Å². The third kappa shape index (κ3) is 5.48. The van der Waals surface area contributed by atoms with Gasteiger partial charge in [0.25, 0.3) is 5.91 Å². The van der Waals surface area contributed by atoms with Crippen molar-refractivity contribution in [1.82, 2.24) is 9.88 Å². The highest BCUT2D eigenvalue weighted by atomic mass is 35.5. The van der Waals surface area contributed by atoms with E-state index in [1.165, 1.54) is 23.2 Å². The number of pyridine rings is 1. The molecule has 1 saturated heterocycles. The molecule has 1 aromatic carbocycles. The fourth-order valence-corrected chi connectivity index (χ4v) is 3.90. The first-order chi connectivity index (χ1) is 15.4. The van der Waals surface area contributed by atoms with E-state index in [1.54, 1.807) is 0 Å². The molecule has 7 nitrogen and oxygen atoms in total. The lowest BCUT2D eigenvalue weighted by Crippen LogP contribution is -2.41. The summed E-state index contributed by atoms with van der Waals surface area (Å²) in [6.07, 6.45) is -3.47. The van der Waals surface area contributed by atoms with Crippen molar-refractivity contribution in [1.29, 1.82) is 0 Å². The number of halogens is 6. The van der Waals surface area contributed by atoms with Crippen LogP contribution in [0.2, 0.25) is 10.0 Å². The van der Waals surface area contributed by atoms with Gasteiger partial charge < -0.3 is 20.4 Å². The molecule has 0 spiro atoms. The monoisotopic (exact) mass is 509 g/mol. The molecule has 1 amide bonds. The second kappa shape index (κ2) is 9.70. The lowest BCUT2D eigenvalue weighted by atomic mass is 9.85. The number of benzene rings is 1. The van der Waals surface area contributed by atoms with Crippen LogP contribution in [0.25, 0.3) is 0 Å². The van der Waals surface area contributed by atoms with E-state index in [4.69, 9.17) is 28.9 Å². The number of nitrogens with two attached hydrogens (primary N) is 1. The number of ether oxygens (including phenoxy) is 1. The van der Waals surface area contributed by atoms with Crippen LogP contribution in [0.4, 0.5) is 17.6 Å². The molecule has 0 bridgehead atoms. The summed E-state index contributed by atoms with van der Waals surface area (Å²) in [6.45, 7) is 0.438. The molecular formula is C20H17Cl2F4N3O4. The van der Waals surface area contributed by atoms with Gasteiger partial charge in [0, 0.05) is 43.0 Å². The quantitative estimate of drug-likeness (QED) is 0.282. The van der Waals surface area contributed by atoms with Gasteiger partial charge in [-0.3, -0.25) is 9.59 Å². The van der Waals surface area contributed by atoms with Crippen molar-refractivity contribution in [2.24, 2.45) is 11.7 Å². The van der Waals surface area contributed by atoms with Gasteiger partial charge in [0.1, 0.15) is 5.75 Å². The fourth-order valence-electron chi connectivity index (χ4n) is 3.56. The third-order valence-corrected chi connectivity index (χ3v) is 6.06. The average Bonchev–Trinajstić information content (AvgIpc) is 2.77. The number of aromatic nitrogens is 1. The summed E-state index contributed by atoms with van der Waals surface area (Å²) in [5.41, 5.74) is 5.57. The van der Waals surface area contributed by atoms with Crippen molar-refractivity contribution in [3.05, 3.63) is 61.7 Å². The number of rotatable bonds is 4. The fraction of sp³-hybridized carbons (Fsp3) is 0.350. The highest BCUT2D eigenvalue weighted by Crippen LogP contribution is 2.41. The second-order valence-corrected chi connectivity index (χ2v) is 8.17. The number of hydrogen-bond donors (Lipinski definition) is 2. The number of nitrogens with one attached hydrogen (secondary N) is 1. The number of nitrogens with zero attached hydrogens (tertiary/aromatic N) is 1. The van der Waals surface area contributed by atoms with Crippen LogP contribution in [0.5, 0.6) is 5.75 Å². The number of amides is 1. The molecule has 178 valence electrons. The summed E-state index contributed by atoms with van der Waals surface area (Å²) in [7, 11) is 0. The molecule has 1 aliphatic heterocycles. The Hall–Kier alpha value is -2.63. The van der Waals surface area contributed by atoms with Gasteiger partial charge in [-0.15, -0.1) is 0 Å². The predicted molar refractivity (Wildman–Crippen MR) is 111 cm³/mol. The summed E-state index contributed by atoms with van der Waals surface area (Å²) in [6, 6.07) is 2.21. The van der Waals surface area contributed by atoms with Gasteiger partial charge >= 0.3 is 12.1 Å². The molecule has 3 N–H and O–H groups in total. The Morgan fingerprint density at radius 2 is 1.85 bits per heavy atom. The number of alkyl halides is 3. The maximum absolute atomic E-state index is 14.9. The molecule has 0 aliphatic carbocycles. The van der Waals surface area contributed by atoms with Crippen molar-refractivity contribution in [3.63, 3.8) is 0 Å². The maximum Gasteiger partial charge on any atom is 0.491 e. The summed E-state index contributed by atoms with van der Waals surface area (Å²) in [4.78, 5) is 39.0. The molecule has 0 radical (unpaired) electrons. The number of likely N-dealkylation sites (tertiary alicyclic amines) is 1. The zero-order chi connectivity index (χ0) is 24.5. The van der Waals surface area contributed by atoms with E-state index in [9.17, 15) is 31.9 Å². The number of carbonyl (C=O) groups is 2. The number of piperidine rings is 1. The Morgan fingerprint density at radius 1 is 1.21 bits per heavy atom. The molecule has 1 atom stereocenters. The Kier molecular flexibility index (Phi) is 7.35. The SMILES string of the molecule is N[C@@H](c1c(OC(=O)C(F)(F)F)cc(Cl)c(Cl)c1F)C1CCN(C(=O)c2ccc(=O)[nH]c2)CC1. The van der Waals surface area contributed by atoms with E-state index in [0.717, 1.165) is 6.07 Å². The third-order valence-electron chi connectivity index (χ3n) is 5.30. The summed E-state index contributed by atoms with van der Waals surface area (Å²) >= 11 is 11.6. The topological polar surface area (TPSA) is 105 Å². The molecular weight excluding hydrogens is 493 g/mol. The van der Waals surface area contributed by atoms with Crippen molar-refractivity contribution < 1.29 is 31.9 Å². The van der Waals surface area contributed by atoms with Crippen LogP contribution in [-0.2, 0) is 4.79 Å². The van der Waals surface area contributed by atoms with Crippen molar-refractivity contribution >= 4 is 35.1 Å². The van der Waals surface area contributed by atoms with Crippen molar-refractivity contribution in [2.75, 3.05) is 13.1 Å². The van der Waals surface area contributed by atoms with Crippen LogP contribution >= 0.6 is 23.2 Å². The van der Waals surface area contributed by atoms with Crippen molar-refractivity contribution in [2.45, 2.75) is 25.1 Å².